The van der Waals surface area contributed by atoms with Crippen LogP contribution >= 0.6 is 0 Å². The van der Waals surface area contributed by atoms with Crippen molar-refractivity contribution in [2.24, 2.45) is 0 Å². The van der Waals surface area contributed by atoms with Gasteiger partial charge in [0.1, 0.15) is 0 Å². The predicted molar refractivity (Wildman–Crippen MR) is 64.4 cm³/mol. The largest absolute Gasteiger partial charge is 0.501 e. The van der Waals surface area contributed by atoms with Crippen molar-refractivity contribution in [2.75, 3.05) is 6.61 Å². The summed E-state index contributed by atoms with van der Waals surface area (Å²) in [6.07, 6.45) is -3.48. The number of benzene rings is 1. The van der Waals surface area contributed by atoms with Crippen LogP contribution in [0, 0.1) is 0 Å². The summed E-state index contributed by atoms with van der Waals surface area (Å²) in [5.41, 5.74) is -2.52. The van der Waals surface area contributed by atoms with Crippen LogP contribution in [0.2, 0.25) is 0 Å². The van der Waals surface area contributed by atoms with E-state index >= 15 is 0 Å². The summed E-state index contributed by atoms with van der Waals surface area (Å²) >= 11 is 0. The Kier molecular flexibility index (Phi) is 3.85. The van der Waals surface area contributed by atoms with E-state index in [9.17, 15) is 18.3 Å². The van der Waals surface area contributed by atoms with Crippen molar-refractivity contribution < 1.29 is 23.0 Å². The molecule has 104 valence electrons. The minimum absolute atomic E-state index is 0.102. The van der Waals surface area contributed by atoms with Crippen molar-refractivity contribution in [3.8, 4) is 0 Å². The van der Waals surface area contributed by atoms with Gasteiger partial charge in [-0.15, -0.1) is 0 Å². The van der Waals surface area contributed by atoms with Gasteiger partial charge < -0.3 is 9.84 Å². The molecular formula is C14H15F3O2. The van der Waals surface area contributed by atoms with E-state index in [1.807, 2.05) is 0 Å². The van der Waals surface area contributed by atoms with E-state index < -0.39 is 18.2 Å². The normalized spacial score (nSPS) is 19.3. The fourth-order valence-corrected chi connectivity index (χ4v) is 2.16. The van der Waals surface area contributed by atoms with Crippen LogP contribution in [0.4, 0.5) is 13.2 Å². The molecule has 1 N–H and O–H groups in total. The highest BCUT2D eigenvalue weighted by Crippen LogP contribution is 2.41. The third kappa shape index (κ3) is 2.92. The van der Waals surface area contributed by atoms with E-state index in [-0.39, 0.29) is 12.0 Å². The van der Waals surface area contributed by atoms with Gasteiger partial charge in [-0.1, -0.05) is 30.3 Å². The Morgan fingerprint density at radius 1 is 1.16 bits per heavy atom. The van der Waals surface area contributed by atoms with Gasteiger partial charge in [0.15, 0.2) is 5.60 Å². The number of ether oxygens (including phenoxy) is 1. The van der Waals surface area contributed by atoms with Crippen molar-refractivity contribution in [1.29, 1.82) is 0 Å². The smallest absolute Gasteiger partial charge is 0.421 e. The minimum Gasteiger partial charge on any atom is -0.501 e. The van der Waals surface area contributed by atoms with E-state index in [0.29, 0.717) is 18.6 Å². The second kappa shape index (κ2) is 5.25. The number of hydrogen-bond acceptors (Lipinski definition) is 2. The monoisotopic (exact) mass is 272 g/mol. The first-order valence-electron chi connectivity index (χ1n) is 6.07. The molecule has 5 heteroatoms. The van der Waals surface area contributed by atoms with Crippen molar-refractivity contribution in [3.63, 3.8) is 0 Å². The zero-order chi connectivity index (χ0) is 13.9. The Bertz CT molecular complexity index is 454. The molecule has 1 aliphatic heterocycles. The Morgan fingerprint density at radius 3 is 2.37 bits per heavy atom. The summed E-state index contributed by atoms with van der Waals surface area (Å²) in [7, 11) is 0. The summed E-state index contributed by atoms with van der Waals surface area (Å²) in [5.74, 6) is 0. The first-order chi connectivity index (χ1) is 8.93. The highest BCUT2D eigenvalue weighted by molar-refractivity contribution is 5.26. The lowest BCUT2D eigenvalue weighted by molar-refractivity contribution is -0.245. The molecule has 0 bridgehead atoms. The maximum Gasteiger partial charge on any atom is 0.421 e. The van der Waals surface area contributed by atoms with Gasteiger partial charge >= 0.3 is 6.18 Å². The molecule has 0 saturated carbocycles. The molecule has 0 spiro atoms. The second-order valence-corrected chi connectivity index (χ2v) is 4.64. The molecule has 1 aliphatic rings. The van der Waals surface area contributed by atoms with Gasteiger partial charge in [0.25, 0.3) is 0 Å². The van der Waals surface area contributed by atoms with Gasteiger partial charge in [-0.2, -0.15) is 13.2 Å². The fraction of sp³-hybridized carbons (Fsp3) is 0.429. The van der Waals surface area contributed by atoms with Crippen LogP contribution in [0.1, 0.15) is 18.4 Å². The summed E-state index contributed by atoms with van der Waals surface area (Å²) < 4.78 is 44.6. The van der Waals surface area contributed by atoms with Crippen molar-refractivity contribution in [1.82, 2.24) is 0 Å². The minimum atomic E-state index is -4.73. The molecule has 19 heavy (non-hydrogen) atoms. The van der Waals surface area contributed by atoms with E-state index in [1.165, 1.54) is 0 Å². The standard InChI is InChI=1S/C14H15F3O2/c15-14(16,17)13(18,12-7-4-8-19-10-12)9-11-5-2-1-3-6-11/h1-3,5-6,10,18H,4,7-9H2. The molecule has 1 unspecified atom stereocenters. The molecule has 1 heterocycles. The molecule has 1 atom stereocenters. The van der Waals surface area contributed by atoms with Crippen molar-refractivity contribution in [3.05, 3.63) is 47.7 Å². The summed E-state index contributed by atoms with van der Waals surface area (Å²) in [6, 6.07) is 8.16. The van der Waals surface area contributed by atoms with Crippen LogP contribution in [0.5, 0.6) is 0 Å². The van der Waals surface area contributed by atoms with Crippen molar-refractivity contribution >= 4 is 0 Å². The lowest BCUT2D eigenvalue weighted by atomic mass is 9.84. The van der Waals surface area contributed by atoms with Gasteiger partial charge in [-0.3, -0.25) is 0 Å². The van der Waals surface area contributed by atoms with Crippen LogP contribution in [0.3, 0.4) is 0 Å². The first kappa shape index (κ1) is 13.9. The maximum atomic E-state index is 13.2. The Hall–Kier alpha value is -1.49. The number of rotatable bonds is 3. The summed E-state index contributed by atoms with van der Waals surface area (Å²) in [6.45, 7) is 0.392. The lowest BCUT2D eigenvalue weighted by Gasteiger charge is -2.34. The lowest BCUT2D eigenvalue weighted by Crippen LogP contribution is -2.49. The van der Waals surface area contributed by atoms with E-state index in [4.69, 9.17) is 4.74 Å². The first-order valence-corrected chi connectivity index (χ1v) is 6.07. The molecule has 0 fully saturated rings. The number of aliphatic hydroxyl groups is 1. The molecule has 0 amide bonds. The van der Waals surface area contributed by atoms with Gasteiger partial charge in [0.2, 0.25) is 0 Å². The molecule has 0 aromatic heterocycles. The van der Waals surface area contributed by atoms with E-state index in [2.05, 4.69) is 0 Å². The predicted octanol–water partition coefficient (Wildman–Crippen LogP) is 3.22. The van der Waals surface area contributed by atoms with Crippen molar-refractivity contribution in [2.45, 2.75) is 31.0 Å². The molecule has 1 aromatic rings. The van der Waals surface area contributed by atoms with E-state index in [0.717, 1.165) is 6.26 Å². The van der Waals surface area contributed by atoms with Crippen LogP contribution in [-0.2, 0) is 11.2 Å². The van der Waals surface area contributed by atoms with Crippen LogP contribution < -0.4 is 0 Å². The third-order valence-electron chi connectivity index (χ3n) is 3.24. The van der Waals surface area contributed by atoms with Gasteiger partial charge in [0.05, 0.1) is 12.9 Å². The van der Waals surface area contributed by atoms with Gasteiger partial charge in [0, 0.05) is 12.0 Å². The maximum absolute atomic E-state index is 13.2. The average Bonchev–Trinajstić information content (AvgIpc) is 2.39. The highest BCUT2D eigenvalue weighted by Gasteiger charge is 2.56. The SMILES string of the molecule is OC(Cc1ccccc1)(C1=COCCC1)C(F)(F)F. The van der Waals surface area contributed by atoms with Crippen LogP contribution in [0.15, 0.2) is 42.2 Å². The van der Waals surface area contributed by atoms with Gasteiger partial charge in [-0.05, 0) is 18.4 Å². The average molecular weight is 272 g/mol. The Morgan fingerprint density at radius 2 is 1.84 bits per heavy atom. The zero-order valence-corrected chi connectivity index (χ0v) is 10.3. The van der Waals surface area contributed by atoms with Gasteiger partial charge in [-0.25, -0.2) is 0 Å². The molecule has 0 radical (unpaired) electrons. The van der Waals surface area contributed by atoms with E-state index in [1.54, 1.807) is 30.3 Å². The zero-order valence-electron chi connectivity index (χ0n) is 10.3. The van der Waals surface area contributed by atoms with Crippen LogP contribution in [0.25, 0.3) is 0 Å². The third-order valence-corrected chi connectivity index (χ3v) is 3.24. The molecule has 2 nitrogen and oxygen atoms in total. The number of hydrogen-bond donors (Lipinski definition) is 1. The quantitative estimate of drug-likeness (QED) is 0.915. The summed E-state index contributed by atoms with van der Waals surface area (Å²) in [4.78, 5) is 0. The Balaban J connectivity index is 2.32. The molecular weight excluding hydrogens is 257 g/mol. The molecule has 2 rings (SSSR count). The molecule has 1 aromatic carbocycles. The number of alkyl halides is 3. The highest BCUT2D eigenvalue weighted by atomic mass is 19.4. The fourth-order valence-electron chi connectivity index (χ4n) is 2.16. The topological polar surface area (TPSA) is 29.5 Å². The second-order valence-electron chi connectivity index (χ2n) is 4.64. The Labute approximate surface area is 109 Å². The van der Waals surface area contributed by atoms with Crippen LogP contribution in [-0.4, -0.2) is 23.5 Å². The number of halogens is 3. The molecule has 0 aliphatic carbocycles. The summed E-state index contributed by atoms with van der Waals surface area (Å²) in [5, 5.41) is 10.2. The molecule has 0 saturated heterocycles.